The number of aromatic nitrogens is 2. The van der Waals surface area contributed by atoms with Gasteiger partial charge in [-0.3, -0.25) is 4.79 Å². The molecule has 7 heteroatoms. The maximum absolute atomic E-state index is 11.7. The fraction of sp³-hybridized carbons (Fsp3) is 0.545. The van der Waals surface area contributed by atoms with Crippen LogP contribution in [0.5, 0.6) is 6.01 Å². The molecule has 0 aliphatic rings. The number of likely N-dealkylation sites (N-methyl/N-ethyl adjacent to an activating group) is 1. The summed E-state index contributed by atoms with van der Waals surface area (Å²) >= 11 is 5.98. The van der Waals surface area contributed by atoms with Crippen LogP contribution >= 0.6 is 11.6 Å². The minimum atomic E-state index is -0.424. The normalized spacial score (nSPS) is 12.1. The molecule has 1 unspecified atom stereocenters. The Kier molecular flexibility index (Phi) is 5.15. The highest BCUT2D eigenvalue weighted by atomic mass is 35.5. The van der Waals surface area contributed by atoms with Gasteiger partial charge in [0.25, 0.3) is 0 Å². The number of nitrogens with one attached hydrogen (secondary N) is 2. The zero-order chi connectivity index (χ0) is 13.7. The highest BCUT2D eigenvalue weighted by Gasteiger charge is 2.22. The van der Waals surface area contributed by atoms with Crippen molar-refractivity contribution in [1.82, 2.24) is 15.3 Å². The van der Waals surface area contributed by atoms with Crippen LogP contribution in [0.4, 0.5) is 5.82 Å². The van der Waals surface area contributed by atoms with E-state index in [1.165, 1.54) is 13.3 Å². The van der Waals surface area contributed by atoms with E-state index in [2.05, 4.69) is 20.6 Å². The summed E-state index contributed by atoms with van der Waals surface area (Å²) in [4.78, 5) is 19.7. The maximum atomic E-state index is 11.7. The van der Waals surface area contributed by atoms with Crippen molar-refractivity contribution < 1.29 is 9.53 Å². The Morgan fingerprint density at radius 3 is 2.67 bits per heavy atom. The van der Waals surface area contributed by atoms with E-state index in [-0.39, 0.29) is 17.8 Å². The predicted molar refractivity (Wildman–Crippen MR) is 69.9 cm³/mol. The molecular weight excluding hydrogens is 256 g/mol. The molecule has 2 N–H and O–H groups in total. The fourth-order valence-corrected chi connectivity index (χ4v) is 1.53. The van der Waals surface area contributed by atoms with Gasteiger partial charge in [-0.1, -0.05) is 25.4 Å². The molecule has 0 fully saturated rings. The van der Waals surface area contributed by atoms with Crippen LogP contribution in [0.25, 0.3) is 0 Å². The average Bonchev–Trinajstić information content (AvgIpc) is 2.36. The summed E-state index contributed by atoms with van der Waals surface area (Å²) in [5, 5.41) is 5.93. The quantitative estimate of drug-likeness (QED) is 0.845. The predicted octanol–water partition coefficient (Wildman–Crippen LogP) is 1.32. The molecule has 1 aromatic rings. The van der Waals surface area contributed by atoms with E-state index in [4.69, 9.17) is 16.3 Å². The number of amides is 1. The molecule has 1 heterocycles. The van der Waals surface area contributed by atoms with Crippen molar-refractivity contribution in [1.29, 1.82) is 0 Å². The molecule has 6 nitrogen and oxygen atoms in total. The van der Waals surface area contributed by atoms with Crippen LogP contribution in [0.3, 0.4) is 0 Å². The van der Waals surface area contributed by atoms with Gasteiger partial charge in [-0.25, -0.2) is 4.98 Å². The molecule has 0 aliphatic heterocycles. The summed E-state index contributed by atoms with van der Waals surface area (Å²) < 4.78 is 4.92. The van der Waals surface area contributed by atoms with Crippen molar-refractivity contribution in [3.05, 3.63) is 11.2 Å². The Bertz CT molecular complexity index is 426. The second kappa shape index (κ2) is 6.39. The molecule has 0 bridgehead atoms. The van der Waals surface area contributed by atoms with Gasteiger partial charge in [0, 0.05) is 7.05 Å². The van der Waals surface area contributed by atoms with Crippen LogP contribution in [0.2, 0.25) is 5.02 Å². The standard InChI is InChI=1S/C11H17ClN4O2/c1-6(2)8(10(17)13-3)15-9-7(12)5-14-11(16-9)18-4/h5-6,8H,1-4H3,(H,13,17)(H,14,15,16). The number of carbonyl (C=O) groups is 1. The number of halogens is 1. The minimum absolute atomic E-state index is 0.0852. The molecule has 0 saturated carbocycles. The summed E-state index contributed by atoms with van der Waals surface area (Å²) in [7, 11) is 3.05. The third kappa shape index (κ3) is 3.46. The molecule has 100 valence electrons. The molecule has 0 spiro atoms. The fourth-order valence-electron chi connectivity index (χ4n) is 1.39. The molecule has 0 aromatic carbocycles. The Hall–Kier alpha value is -1.56. The average molecular weight is 273 g/mol. The number of hydrogen-bond donors (Lipinski definition) is 2. The van der Waals surface area contributed by atoms with Gasteiger partial charge in [0.05, 0.1) is 13.3 Å². The first-order valence-corrected chi connectivity index (χ1v) is 5.92. The van der Waals surface area contributed by atoms with Crippen molar-refractivity contribution in [2.24, 2.45) is 5.92 Å². The van der Waals surface area contributed by atoms with Gasteiger partial charge in [0.2, 0.25) is 5.91 Å². The Balaban J connectivity index is 2.96. The zero-order valence-corrected chi connectivity index (χ0v) is 11.6. The van der Waals surface area contributed by atoms with E-state index in [0.29, 0.717) is 10.8 Å². The Labute approximate surface area is 111 Å². The first kappa shape index (κ1) is 14.5. The minimum Gasteiger partial charge on any atom is -0.467 e. The first-order chi connectivity index (χ1) is 8.49. The van der Waals surface area contributed by atoms with Gasteiger partial charge in [-0.05, 0) is 5.92 Å². The first-order valence-electron chi connectivity index (χ1n) is 5.54. The van der Waals surface area contributed by atoms with E-state index in [9.17, 15) is 4.79 Å². The number of rotatable bonds is 5. The van der Waals surface area contributed by atoms with Crippen LogP contribution in [-0.2, 0) is 4.79 Å². The molecule has 18 heavy (non-hydrogen) atoms. The molecule has 0 saturated heterocycles. The highest BCUT2D eigenvalue weighted by molar-refractivity contribution is 6.32. The molecule has 1 aromatic heterocycles. The van der Waals surface area contributed by atoms with Gasteiger partial charge < -0.3 is 15.4 Å². The largest absolute Gasteiger partial charge is 0.467 e. The SMILES string of the molecule is CNC(=O)C(Nc1nc(OC)ncc1Cl)C(C)C. The van der Waals surface area contributed by atoms with Gasteiger partial charge in [0.1, 0.15) is 11.1 Å². The van der Waals surface area contributed by atoms with Gasteiger partial charge in [0.15, 0.2) is 5.82 Å². The molecule has 1 amide bonds. The van der Waals surface area contributed by atoms with E-state index < -0.39 is 6.04 Å². The van der Waals surface area contributed by atoms with Crippen LogP contribution in [0.1, 0.15) is 13.8 Å². The molecular formula is C11H17ClN4O2. The summed E-state index contributed by atoms with van der Waals surface area (Å²) in [6.45, 7) is 3.86. The second-order valence-electron chi connectivity index (χ2n) is 4.03. The zero-order valence-electron chi connectivity index (χ0n) is 10.8. The molecule has 0 aliphatic carbocycles. The van der Waals surface area contributed by atoms with Gasteiger partial charge in [-0.2, -0.15) is 4.98 Å². The second-order valence-corrected chi connectivity index (χ2v) is 4.44. The number of ether oxygens (including phenoxy) is 1. The summed E-state index contributed by atoms with van der Waals surface area (Å²) in [6.07, 6.45) is 1.43. The van der Waals surface area contributed by atoms with E-state index >= 15 is 0 Å². The summed E-state index contributed by atoms with van der Waals surface area (Å²) in [5.41, 5.74) is 0. The maximum Gasteiger partial charge on any atom is 0.318 e. The lowest BCUT2D eigenvalue weighted by atomic mass is 10.0. The van der Waals surface area contributed by atoms with E-state index in [1.54, 1.807) is 7.05 Å². The molecule has 1 atom stereocenters. The van der Waals surface area contributed by atoms with E-state index in [1.807, 2.05) is 13.8 Å². The lowest BCUT2D eigenvalue weighted by Crippen LogP contribution is -2.41. The Morgan fingerprint density at radius 1 is 1.50 bits per heavy atom. The van der Waals surface area contributed by atoms with Crippen molar-refractivity contribution >= 4 is 23.3 Å². The highest BCUT2D eigenvalue weighted by Crippen LogP contribution is 2.22. The third-order valence-corrected chi connectivity index (χ3v) is 2.67. The van der Waals surface area contributed by atoms with Crippen LogP contribution in [0.15, 0.2) is 6.20 Å². The summed E-state index contributed by atoms with van der Waals surface area (Å²) in [5.74, 6) is 0.339. The molecule has 0 radical (unpaired) electrons. The molecule has 1 rings (SSSR count). The monoisotopic (exact) mass is 272 g/mol. The van der Waals surface area contributed by atoms with Gasteiger partial charge in [-0.15, -0.1) is 0 Å². The van der Waals surface area contributed by atoms with Crippen molar-refractivity contribution in [3.63, 3.8) is 0 Å². The number of methoxy groups -OCH3 is 1. The van der Waals surface area contributed by atoms with Crippen molar-refractivity contribution in [2.75, 3.05) is 19.5 Å². The smallest absolute Gasteiger partial charge is 0.318 e. The van der Waals surface area contributed by atoms with Gasteiger partial charge >= 0.3 is 6.01 Å². The van der Waals surface area contributed by atoms with Crippen LogP contribution in [-0.4, -0.2) is 36.1 Å². The number of nitrogens with zero attached hydrogens (tertiary/aromatic N) is 2. The van der Waals surface area contributed by atoms with Crippen molar-refractivity contribution in [2.45, 2.75) is 19.9 Å². The topological polar surface area (TPSA) is 76.1 Å². The number of hydrogen-bond acceptors (Lipinski definition) is 5. The lowest BCUT2D eigenvalue weighted by molar-refractivity contribution is -0.122. The third-order valence-electron chi connectivity index (χ3n) is 2.39. The van der Waals surface area contributed by atoms with Crippen molar-refractivity contribution in [3.8, 4) is 6.01 Å². The summed E-state index contributed by atoms with van der Waals surface area (Å²) in [6, 6.07) is -0.228. The van der Waals surface area contributed by atoms with Crippen LogP contribution < -0.4 is 15.4 Å². The number of anilines is 1. The van der Waals surface area contributed by atoms with E-state index in [0.717, 1.165) is 0 Å². The van der Waals surface area contributed by atoms with Crippen LogP contribution in [0, 0.1) is 5.92 Å². The number of carbonyl (C=O) groups excluding carboxylic acids is 1. The Morgan fingerprint density at radius 2 is 2.17 bits per heavy atom. The lowest BCUT2D eigenvalue weighted by Gasteiger charge is -2.21.